The third-order valence-electron chi connectivity index (χ3n) is 6.89. The van der Waals surface area contributed by atoms with E-state index in [1.807, 2.05) is 18.2 Å². The topological polar surface area (TPSA) is 64.9 Å². The van der Waals surface area contributed by atoms with Crippen LogP contribution >= 0.6 is 0 Å². The fourth-order valence-electron chi connectivity index (χ4n) is 6.14. The normalized spacial score (nSPS) is 29.9. The molecular weight excluding hydrogens is 346 g/mol. The molecule has 0 unspecified atom stereocenters. The molecule has 2 aromatic rings. The molecule has 2 N–H and O–H groups in total. The molecule has 4 fully saturated rings. The van der Waals surface area contributed by atoms with Crippen molar-refractivity contribution in [2.75, 3.05) is 10.6 Å². The summed E-state index contributed by atoms with van der Waals surface area (Å²) in [5, 5.41) is 15.9. The number of carbonyl (C=O) groups excluding carboxylic acids is 1. The average molecular weight is 371 g/mol. The van der Waals surface area contributed by atoms with Crippen LogP contribution in [0.3, 0.4) is 0 Å². The molecular formula is C24H25N3O. The van der Waals surface area contributed by atoms with E-state index in [4.69, 9.17) is 5.26 Å². The molecule has 1 amide bonds. The Bertz CT molecular complexity index is 906. The highest BCUT2D eigenvalue weighted by Gasteiger charge is 2.51. The monoisotopic (exact) mass is 371 g/mol. The van der Waals surface area contributed by atoms with Crippen molar-refractivity contribution in [3.05, 3.63) is 59.7 Å². The summed E-state index contributed by atoms with van der Waals surface area (Å²) in [6.07, 6.45) is 8.03. The van der Waals surface area contributed by atoms with Gasteiger partial charge in [0.2, 0.25) is 0 Å². The molecule has 28 heavy (non-hydrogen) atoms. The van der Waals surface area contributed by atoms with Crippen LogP contribution in [0.25, 0.3) is 0 Å². The van der Waals surface area contributed by atoms with Gasteiger partial charge >= 0.3 is 0 Å². The highest BCUT2D eigenvalue weighted by Crippen LogP contribution is 2.56. The Labute approximate surface area is 166 Å². The van der Waals surface area contributed by atoms with Crippen molar-refractivity contribution in [2.24, 2.45) is 17.8 Å². The van der Waals surface area contributed by atoms with Crippen molar-refractivity contribution in [3.63, 3.8) is 0 Å². The summed E-state index contributed by atoms with van der Waals surface area (Å²) >= 11 is 0. The number of carbonyl (C=O) groups is 1. The van der Waals surface area contributed by atoms with Crippen molar-refractivity contribution in [1.29, 1.82) is 5.26 Å². The zero-order chi connectivity index (χ0) is 19.1. The van der Waals surface area contributed by atoms with E-state index in [1.165, 1.54) is 38.5 Å². The van der Waals surface area contributed by atoms with Crippen molar-refractivity contribution in [2.45, 2.75) is 44.1 Å². The van der Waals surface area contributed by atoms with Crippen LogP contribution < -0.4 is 10.6 Å². The maximum Gasteiger partial charge on any atom is 0.255 e. The van der Waals surface area contributed by atoms with Crippen molar-refractivity contribution < 1.29 is 4.79 Å². The zero-order valence-electron chi connectivity index (χ0n) is 15.9. The molecule has 0 radical (unpaired) electrons. The van der Waals surface area contributed by atoms with Gasteiger partial charge in [-0.25, -0.2) is 0 Å². The molecule has 4 bridgehead atoms. The van der Waals surface area contributed by atoms with Gasteiger partial charge in [-0.1, -0.05) is 12.1 Å². The highest BCUT2D eigenvalue weighted by atomic mass is 16.1. The Balaban J connectivity index is 1.36. The van der Waals surface area contributed by atoms with Gasteiger partial charge in [0.05, 0.1) is 23.0 Å². The molecule has 0 aromatic heterocycles. The first kappa shape index (κ1) is 17.3. The SMILES string of the molecule is N#Cc1ccc(C(=O)Nc2ccccc2NC23CC4CC(CC(C4)C2)C3)cc1. The largest absolute Gasteiger partial charge is 0.378 e. The average Bonchev–Trinajstić information content (AvgIpc) is 2.68. The third kappa shape index (κ3) is 3.16. The predicted octanol–water partition coefficient (Wildman–Crippen LogP) is 5.19. The van der Waals surface area contributed by atoms with Crippen LogP contribution in [0.4, 0.5) is 11.4 Å². The first-order valence-corrected chi connectivity index (χ1v) is 10.3. The maximum absolute atomic E-state index is 12.7. The molecule has 142 valence electrons. The van der Waals surface area contributed by atoms with Crippen LogP contribution in [0.2, 0.25) is 0 Å². The van der Waals surface area contributed by atoms with Crippen molar-refractivity contribution >= 4 is 17.3 Å². The van der Waals surface area contributed by atoms with Gasteiger partial charge in [0.25, 0.3) is 5.91 Å². The Morgan fingerprint density at radius 2 is 1.46 bits per heavy atom. The first-order valence-electron chi connectivity index (χ1n) is 10.3. The number of nitrogens with zero attached hydrogens (tertiary/aromatic N) is 1. The third-order valence-corrected chi connectivity index (χ3v) is 6.89. The summed E-state index contributed by atoms with van der Waals surface area (Å²) < 4.78 is 0. The second kappa shape index (κ2) is 6.67. The van der Waals surface area contributed by atoms with E-state index in [1.54, 1.807) is 24.3 Å². The lowest BCUT2D eigenvalue weighted by Crippen LogP contribution is -2.54. The minimum Gasteiger partial charge on any atom is -0.378 e. The van der Waals surface area contributed by atoms with Crippen LogP contribution in [-0.2, 0) is 0 Å². The lowest BCUT2D eigenvalue weighted by atomic mass is 9.53. The number of hydrogen-bond acceptors (Lipinski definition) is 3. The van der Waals surface area contributed by atoms with Gasteiger partial charge in [-0.3, -0.25) is 4.79 Å². The summed E-state index contributed by atoms with van der Waals surface area (Å²) in [7, 11) is 0. The Kier molecular flexibility index (Phi) is 4.12. The summed E-state index contributed by atoms with van der Waals surface area (Å²) in [4.78, 5) is 12.7. The maximum atomic E-state index is 12.7. The Hall–Kier alpha value is -2.80. The number of benzene rings is 2. The lowest BCUT2D eigenvalue weighted by Gasteiger charge is -2.57. The van der Waals surface area contributed by atoms with Crippen molar-refractivity contribution in [1.82, 2.24) is 0 Å². The van der Waals surface area contributed by atoms with E-state index < -0.39 is 0 Å². The van der Waals surface area contributed by atoms with Crippen LogP contribution in [0, 0.1) is 29.1 Å². The van der Waals surface area contributed by atoms with Gasteiger partial charge in [0.1, 0.15) is 0 Å². The predicted molar refractivity (Wildman–Crippen MR) is 110 cm³/mol. The summed E-state index contributed by atoms with van der Waals surface area (Å²) in [6, 6.07) is 16.9. The fourth-order valence-corrected chi connectivity index (χ4v) is 6.14. The summed E-state index contributed by atoms with van der Waals surface area (Å²) in [5.74, 6) is 2.47. The smallest absolute Gasteiger partial charge is 0.255 e. The van der Waals surface area contributed by atoms with E-state index in [9.17, 15) is 4.79 Å². The van der Waals surface area contributed by atoms with Crippen LogP contribution in [-0.4, -0.2) is 11.4 Å². The number of nitrogens with one attached hydrogen (secondary N) is 2. The van der Waals surface area contributed by atoms with Crippen LogP contribution in [0.1, 0.15) is 54.4 Å². The van der Waals surface area contributed by atoms with E-state index >= 15 is 0 Å². The minimum absolute atomic E-state index is 0.149. The molecule has 4 nitrogen and oxygen atoms in total. The molecule has 0 atom stereocenters. The second-order valence-corrected chi connectivity index (χ2v) is 9.01. The van der Waals surface area contributed by atoms with Gasteiger partial charge in [-0.2, -0.15) is 5.26 Å². The Morgan fingerprint density at radius 3 is 2.04 bits per heavy atom. The fraction of sp³-hybridized carbons (Fsp3) is 0.417. The lowest BCUT2D eigenvalue weighted by molar-refractivity contribution is 0.0107. The van der Waals surface area contributed by atoms with E-state index in [2.05, 4.69) is 22.8 Å². The molecule has 6 rings (SSSR count). The second-order valence-electron chi connectivity index (χ2n) is 9.01. The number of amides is 1. The molecule has 4 heteroatoms. The molecule has 0 heterocycles. The molecule has 0 aliphatic heterocycles. The molecule has 2 aromatic carbocycles. The molecule has 4 aliphatic carbocycles. The van der Waals surface area contributed by atoms with Gasteiger partial charge in [-0.15, -0.1) is 0 Å². The molecule has 4 aliphatic rings. The summed E-state index contributed by atoms with van der Waals surface area (Å²) in [5.41, 5.74) is 3.16. The highest BCUT2D eigenvalue weighted by molar-refractivity contribution is 6.06. The number of nitriles is 1. The number of para-hydroxylation sites is 2. The van der Waals surface area contributed by atoms with Crippen molar-refractivity contribution in [3.8, 4) is 6.07 Å². The van der Waals surface area contributed by atoms with Gasteiger partial charge in [0.15, 0.2) is 0 Å². The van der Waals surface area contributed by atoms with Gasteiger partial charge in [0, 0.05) is 11.1 Å². The van der Waals surface area contributed by atoms with E-state index in [-0.39, 0.29) is 11.4 Å². The van der Waals surface area contributed by atoms with E-state index in [0.29, 0.717) is 11.1 Å². The van der Waals surface area contributed by atoms with Gasteiger partial charge in [-0.05, 0) is 92.7 Å². The first-order chi connectivity index (χ1) is 13.6. The quantitative estimate of drug-likeness (QED) is 0.777. The number of anilines is 2. The Morgan fingerprint density at radius 1 is 0.893 bits per heavy atom. The number of rotatable bonds is 4. The molecule has 4 saturated carbocycles. The molecule has 0 saturated heterocycles. The minimum atomic E-state index is -0.149. The van der Waals surface area contributed by atoms with Crippen LogP contribution in [0.15, 0.2) is 48.5 Å². The zero-order valence-corrected chi connectivity index (χ0v) is 15.9. The number of hydrogen-bond donors (Lipinski definition) is 2. The van der Waals surface area contributed by atoms with E-state index in [0.717, 1.165) is 29.1 Å². The summed E-state index contributed by atoms with van der Waals surface area (Å²) in [6.45, 7) is 0. The molecule has 0 spiro atoms. The standard InChI is InChI=1S/C24H25N3O/c25-15-16-5-7-20(8-6-16)23(28)26-21-3-1-2-4-22(21)27-24-12-17-9-18(13-24)11-19(10-17)14-24/h1-8,17-19,27H,9-14H2,(H,26,28). The van der Waals surface area contributed by atoms with Gasteiger partial charge < -0.3 is 10.6 Å². The van der Waals surface area contributed by atoms with Crippen LogP contribution in [0.5, 0.6) is 0 Å².